The van der Waals surface area contributed by atoms with Crippen molar-refractivity contribution >= 4 is 0 Å². The highest BCUT2D eigenvalue weighted by atomic mass is 16.5. The van der Waals surface area contributed by atoms with E-state index in [2.05, 4.69) is 26.1 Å². The van der Waals surface area contributed by atoms with Gasteiger partial charge >= 0.3 is 0 Å². The van der Waals surface area contributed by atoms with Crippen LogP contribution in [-0.4, -0.2) is 38.5 Å². The van der Waals surface area contributed by atoms with E-state index < -0.39 is 0 Å². The highest BCUT2D eigenvalue weighted by Crippen LogP contribution is 2.11. The van der Waals surface area contributed by atoms with Gasteiger partial charge in [0.15, 0.2) is 0 Å². The summed E-state index contributed by atoms with van der Waals surface area (Å²) in [5, 5.41) is 3.40. The average Bonchev–Trinajstić information content (AvgIpc) is 2.14. The zero-order valence-electron chi connectivity index (χ0n) is 10.2. The van der Waals surface area contributed by atoms with Crippen LogP contribution >= 0.6 is 0 Å². The van der Waals surface area contributed by atoms with Crippen LogP contribution in [0.15, 0.2) is 0 Å². The number of rotatable bonds is 8. The van der Waals surface area contributed by atoms with E-state index in [1.165, 1.54) is 0 Å². The molecule has 0 bridgehead atoms. The van der Waals surface area contributed by atoms with Gasteiger partial charge in [-0.15, -0.1) is 0 Å². The molecule has 0 aliphatic heterocycles. The molecule has 0 aromatic rings. The van der Waals surface area contributed by atoms with Crippen molar-refractivity contribution in [2.75, 3.05) is 26.9 Å². The first-order valence-corrected chi connectivity index (χ1v) is 5.38. The summed E-state index contributed by atoms with van der Waals surface area (Å²) >= 11 is 0. The van der Waals surface area contributed by atoms with Gasteiger partial charge in [0.25, 0.3) is 0 Å². The molecule has 0 aromatic heterocycles. The summed E-state index contributed by atoms with van der Waals surface area (Å²) in [5.74, 6) is 0. The molecule has 3 heteroatoms. The van der Waals surface area contributed by atoms with E-state index in [0.29, 0.717) is 6.04 Å². The van der Waals surface area contributed by atoms with Crippen molar-refractivity contribution in [1.29, 1.82) is 0 Å². The van der Waals surface area contributed by atoms with Gasteiger partial charge in [0, 0.05) is 19.8 Å². The number of nitrogens with one attached hydrogen (secondary N) is 1. The van der Waals surface area contributed by atoms with Gasteiger partial charge in [0.05, 0.1) is 12.2 Å². The molecular formula is C11H25NO2. The summed E-state index contributed by atoms with van der Waals surface area (Å²) in [7, 11) is 1.75. The third-order valence-corrected chi connectivity index (χ3v) is 2.34. The van der Waals surface area contributed by atoms with Crippen molar-refractivity contribution in [3.05, 3.63) is 0 Å². The van der Waals surface area contributed by atoms with E-state index in [1.54, 1.807) is 7.11 Å². The summed E-state index contributed by atoms with van der Waals surface area (Å²) in [5.41, 5.74) is -0.0294. The molecule has 86 valence electrons. The summed E-state index contributed by atoms with van der Waals surface area (Å²) in [4.78, 5) is 0. The predicted octanol–water partition coefficient (Wildman–Crippen LogP) is 1.82. The maximum absolute atomic E-state index is 5.33. The minimum absolute atomic E-state index is 0.0294. The van der Waals surface area contributed by atoms with Crippen molar-refractivity contribution in [3.63, 3.8) is 0 Å². The van der Waals surface area contributed by atoms with Gasteiger partial charge in [-0.1, -0.05) is 0 Å². The van der Waals surface area contributed by atoms with Crippen LogP contribution in [-0.2, 0) is 9.47 Å². The van der Waals surface area contributed by atoms with E-state index in [1.807, 2.05) is 6.92 Å². The Morgan fingerprint density at radius 3 is 2.50 bits per heavy atom. The quantitative estimate of drug-likeness (QED) is 0.652. The van der Waals surface area contributed by atoms with Crippen molar-refractivity contribution in [1.82, 2.24) is 5.32 Å². The van der Waals surface area contributed by atoms with Crippen LogP contribution in [0.4, 0.5) is 0 Å². The Kier molecular flexibility index (Phi) is 7.15. The van der Waals surface area contributed by atoms with Crippen molar-refractivity contribution in [2.24, 2.45) is 0 Å². The van der Waals surface area contributed by atoms with Gasteiger partial charge in [-0.25, -0.2) is 0 Å². The summed E-state index contributed by atoms with van der Waals surface area (Å²) in [6.07, 6.45) is 1.01. The van der Waals surface area contributed by atoms with Gasteiger partial charge in [0.1, 0.15) is 0 Å². The van der Waals surface area contributed by atoms with Crippen LogP contribution in [0.25, 0.3) is 0 Å². The first kappa shape index (κ1) is 13.9. The Morgan fingerprint density at radius 2 is 2.00 bits per heavy atom. The standard InChI is InChI=1S/C11H25NO2/c1-6-14-9-10(2)12-8-7-11(3,4)13-5/h10,12H,6-9H2,1-5H3. The van der Waals surface area contributed by atoms with E-state index in [9.17, 15) is 0 Å². The molecule has 0 saturated carbocycles. The Morgan fingerprint density at radius 1 is 1.36 bits per heavy atom. The maximum atomic E-state index is 5.33. The molecule has 14 heavy (non-hydrogen) atoms. The monoisotopic (exact) mass is 203 g/mol. The molecule has 0 radical (unpaired) electrons. The second kappa shape index (κ2) is 7.21. The molecule has 0 rings (SSSR count). The highest BCUT2D eigenvalue weighted by Gasteiger charge is 2.15. The van der Waals surface area contributed by atoms with Crippen LogP contribution in [0.2, 0.25) is 0 Å². The summed E-state index contributed by atoms with van der Waals surface area (Å²) < 4.78 is 10.6. The molecule has 0 saturated heterocycles. The molecular weight excluding hydrogens is 178 g/mol. The van der Waals surface area contributed by atoms with Crippen molar-refractivity contribution < 1.29 is 9.47 Å². The molecule has 0 spiro atoms. The second-order valence-electron chi connectivity index (χ2n) is 4.23. The SMILES string of the molecule is CCOCC(C)NCCC(C)(C)OC. The molecule has 1 N–H and O–H groups in total. The highest BCUT2D eigenvalue weighted by molar-refractivity contribution is 4.70. The van der Waals surface area contributed by atoms with E-state index in [4.69, 9.17) is 9.47 Å². The van der Waals surface area contributed by atoms with E-state index >= 15 is 0 Å². The Balaban J connectivity index is 3.43. The van der Waals surface area contributed by atoms with Gasteiger partial charge in [0.2, 0.25) is 0 Å². The zero-order valence-corrected chi connectivity index (χ0v) is 10.2. The van der Waals surface area contributed by atoms with Crippen LogP contribution in [0, 0.1) is 0 Å². The molecule has 0 heterocycles. The molecule has 0 amide bonds. The molecule has 1 atom stereocenters. The largest absolute Gasteiger partial charge is 0.380 e. The van der Waals surface area contributed by atoms with Crippen LogP contribution in [0.1, 0.15) is 34.1 Å². The third-order valence-electron chi connectivity index (χ3n) is 2.34. The van der Waals surface area contributed by atoms with Crippen molar-refractivity contribution in [2.45, 2.75) is 45.8 Å². The number of hydrogen-bond acceptors (Lipinski definition) is 3. The Labute approximate surface area is 88.2 Å². The number of methoxy groups -OCH3 is 1. The van der Waals surface area contributed by atoms with E-state index in [0.717, 1.165) is 26.2 Å². The zero-order chi connectivity index (χ0) is 11.0. The van der Waals surface area contributed by atoms with Crippen LogP contribution < -0.4 is 5.32 Å². The lowest BCUT2D eigenvalue weighted by Gasteiger charge is -2.24. The third kappa shape index (κ3) is 7.30. The lowest BCUT2D eigenvalue weighted by atomic mass is 10.1. The Hall–Kier alpha value is -0.120. The predicted molar refractivity (Wildman–Crippen MR) is 59.7 cm³/mol. The van der Waals surface area contributed by atoms with Gasteiger partial charge in [-0.2, -0.15) is 0 Å². The van der Waals surface area contributed by atoms with Crippen LogP contribution in [0.3, 0.4) is 0 Å². The number of ether oxygens (including phenoxy) is 2. The van der Waals surface area contributed by atoms with Crippen molar-refractivity contribution in [3.8, 4) is 0 Å². The molecule has 0 fully saturated rings. The molecule has 3 nitrogen and oxygen atoms in total. The van der Waals surface area contributed by atoms with Gasteiger partial charge in [-0.3, -0.25) is 0 Å². The summed E-state index contributed by atoms with van der Waals surface area (Å²) in [6, 6.07) is 0.419. The van der Waals surface area contributed by atoms with Gasteiger partial charge < -0.3 is 14.8 Å². The fourth-order valence-corrected chi connectivity index (χ4v) is 1.08. The first-order chi connectivity index (χ1) is 6.52. The van der Waals surface area contributed by atoms with E-state index in [-0.39, 0.29) is 5.60 Å². The molecule has 0 aliphatic rings. The fraction of sp³-hybridized carbons (Fsp3) is 1.00. The average molecular weight is 203 g/mol. The van der Waals surface area contributed by atoms with Gasteiger partial charge in [-0.05, 0) is 40.7 Å². The normalized spacial score (nSPS) is 14.4. The lowest BCUT2D eigenvalue weighted by Crippen LogP contribution is -2.35. The topological polar surface area (TPSA) is 30.5 Å². The molecule has 1 unspecified atom stereocenters. The molecule has 0 aromatic carbocycles. The first-order valence-electron chi connectivity index (χ1n) is 5.38. The molecule has 0 aliphatic carbocycles. The number of hydrogen-bond donors (Lipinski definition) is 1. The minimum atomic E-state index is -0.0294. The van der Waals surface area contributed by atoms with Crippen LogP contribution in [0.5, 0.6) is 0 Å². The summed E-state index contributed by atoms with van der Waals surface area (Å²) in [6.45, 7) is 10.9. The second-order valence-corrected chi connectivity index (χ2v) is 4.23. The fourth-order valence-electron chi connectivity index (χ4n) is 1.08. The smallest absolute Gasteiger partial charge is 0.0634 e. The lowest BCUT2D eigenvalue weighted by molar-refractivity contribution is 0.0146. The Bertz CT molecular complexity index is 137. The minimum Gasteiger partial charge on any atom is -0.380 e. The maximum Gasteiger partial charge on any atom is 0.0634 e.